The van der Waals surface area contributed by atoms with E-state index < -0.39 is 9.84 Å². The van der Waals surface area contributed by atoms with Gasteiger partial charge in [0.2, 0.25) is 9.84 Å². The molecule has 0 aliphatic carbocycles. The van der Waals surface area contributed by atoms with Crippen molar-refractivity contribution in [2.24, 2.45) is 0 Å². The fraction of sp³-hybridized carbons (Fsp3) is 0.0435. The van der Waals surface area contributed by atoms with E-state index in [1.165, 1.54) is 18.2 Å². The van der Waals surface area contributed by atoms with Crippen LogP contribution in [-0.2, 0) is 9.84 Å². The molecule has 0 fully saturated rings. The Morgan fingerprint density at radius 2 is 1.70 bits per heavy atom. The Hall–Kier alpha value is -3.21. The number of benzene rings is 3. The van der Waals surface area contributed by atoms with Crippen molar-refractivity contribution in [2.75, 3.05) is 5.32 Å². The van der Waals surface area contributed by atoms with Crippen LogP contribution in [0.3, 0.4) is 0 Å². The highest BCUT2D eigenvalue weighted by atomic mass is 79.9. The van der Waals surface area contributed by atoms with Crippen LogP contribution in [0.2, 0.25) is 0 Å². The normalized spacial score (nSPS) is 11.6. The second kappa shape index (κ2) is 9.08. The summed E-state index contributed by atoms with van der Waals surface area (Å²) in [7, 11) is -3.96. The van der Waals surface area contributed by atoms with Crippen LogP contribution >= 0.6 is 15.9 Å². The SMILES string of the molecule is Cc1ccc(C(=O)Nc2cccc(/C=C(\C#N)S(=O)(=O)c3ccc(Br)cc3)c2)cc1. The van der Waals surface area contributed by atoms with Gasteiger partial charge in [-0.25, -0.2) is 8.42 Å². The summed E-state index contributed by atoms with van der Waals surface area (Å²) in [5.41, 5.74) is 2.54. The van der Waals surface area contributed by atoms with E-state index in [0.717, 1.165) is 10.0 Å². The number of carbonyl (C=O) groups is 1. The van der Waals surface area contributed by atoms with Gasteiger partial charge in [0, 0.05) is 15.7 Å². The minimum absolute atomic E-state index is 0.0299. The molecule has 0 heterocycles. The largest absolute Gasteiger partial charge is 0.322 e. The zero-order valence-electron chi connectivity index (χ0n) is 16.0. The number of rotatable bonds is 5. The molecule has 0 saturated heterocycles. The lowest BCUT2D eigenvalue weighted by molar-refractivity contribution is 0.102. The van der Waals surface area contributed by atoms with Crippen LogP contribution in [0.4, 0.5) is 5.69 Å². The Morgan fingerprint density at radius 1 is 1.03 bits per heavy atom. The van der Waals surface area contributed by atoms with E-state index in [1.807, 2.05) is 19.1 Å². The first kappa shape index (κ1) is 21.5. The first-order valence-electron chi connectivity index (χ1n) is 8.90. The van der Waals surface area contributed by atoms with Crippen molar-refractivity contribution < 1.29 is 13.2 Å². The second-order valence-corrected chi connectivity index (χ2v) is 9.36. The van der Waals surface area contributed by atoms with Crippen molar-refractivity contribution in [1.82, 2.24) is 0 Å². The number of nitrogens with zero attached hydrogens (tertiary/aromatic N) is 1. The molecule has 0 aliphatic heterocycles. The fourth-order valence-electron chi connectivity index (χ4n) is 2.68. The van der Waals surface area contributed by atoms with Gasteiger partial charge in [-0.2, -0.15) is 5.26 Å². The van der Waals surface area contributed by atoms with E-state index >= 15 is 0 Å². The summed E-state index contributed by atoms with van der Waals surface area (Å²) < 4.78 is 26.3. The maximum absolute atomic E-state index is 12.8. The highest BCUT2D eigenvalue weighted by molar-refractivity contribution is 9.10. The summed E-state index contributed by atoms with van der Waals surface area (Å²) >= 11 is 3.26. The van der Waals surface area contributed by atoms with Gasteiger partial charge in [-0.1, -0.05) is 45.8 Å². The summed E-state index contributed by atoms with van der Waals surface area (Å²) in [4.78, 5) is 12.1. The summed E-state index contributed by atoms with van der Waals surface area (Å²) in [5, 5.41) is 12.2. The molecule has 0 unspecified atom stereocenters. The number of sulfone groups is 1. The maximum atomic E-state index is 12.8. The molecule has 0 bridgehead atoms. The molecular weight excluding hydrogens is 464 g/mol. The zero-order valence-corrected chi connectivity index (χ0v) is 18.4. The molecule has 3 aromatic carbocycles. The van der Waals surface area contributed by atoms with E-state index in [0.29, 0.717) is 16.8 Å². The van der Waals surface area contributed by atoms with E-state index in [1.54, 1.807) is 54.6 Å². The van der Waals surface area contributed by atoms with E-state index in [2.05, 4.69) is 21.2 Å². The Labute approximate surface area is 183 Å². The van der Waals surface area contributed by atoms with E-state index in [4.69, 9.17) is 0 Å². The molecule has 3 aromatic rings. The third kappa shape index (κ3) is 5.03. The molecule has 7 heteroatoms. The molecule has 150 valence electrons. The van der Waals surface area contributed by atoms with Gasteiger partial charge >= 0.3 is 0 Å². The summed E-state index contributed by atoms with van der Waals surface area (Å²) in [5.74, 6) is -0.279. The number of halogens is 1. The van der Waals surface area contributed by atoms with Crippen LogP contribution in [0, 0.1) is 18.3 Å². The molecular formula is C23H17BrN2O3S. The first-order valence-corrected chi connectivity index (χ1v) is 11.2. The van der Waals surface area contributed by atoms with Gasteiger partial charge in [0.15, 0.2) is 0 Å². The number of carbonyl (C=O) groups excluding carboxylic acids is 1. The van der Waals surface area contributed by atoms with Gasteiger partial charge in [-0.3, -0.25) is 4.79 Å². The number of nitriles is 1. The highest BCUT2D eigenvalue weighted by Crippen LogP contribution is 2.24. The molecule has 1 N–H and O–H groups in total. The van der Waals surface area contributed by atoms with Gasteiger partial charge < -0.3 is 5.32 Å². The molecule has 0 spiro atoms. The van der Waals surface area contributed by atoms with Crippen molar-refractivity contribution in [3.8, 4) is 6.07 Å². The third-order valence-electron chi connectivity index (χ3n) is 4.28. The van der Waals surface area contributed by atoms with Gasteiger partial charge in [0.05, 0.1) is 4.90 Å². The lowest BCUT2D eigenvalue weighted by atomic mass is 10.1. The smallest absolute Gasteiger partial charge is 0.255 e. The van der Waals surface area contributed by atoms with Crippen molar-refractivity contribution in [3.05, 3.63) is 98.9 Å². The lowest BCUT2D eigenvalue weighted by Gasteiger charge is -2.07. The predicted molar refractivity (Wildman–Crippen MR) is 120 cm³/mol. The van der Waals surface area contributed by atoms with Gasteiger partial charge in [0.1, 0.15) is 11.0 Å². The standard InChI is InChI=1S/C23H17BrN2O3S/c1-16-5-7-18(8-6-16)23(27)26-20-4-2-3-17(13-20)14-22(15-25)30(28,29)21-11-9-19(24)10-12-21/h2-14H,1H3,(H,26,27)/b22-14+. The lowest BCUT2D eigenvalue weighted by Crippen LogP contribution is -2.11. The average molecular weight is 481 g/mol. The monoisotopic (exact) mass is 480 g/mol. The molecule has 0 aliphatic rings. The molecule has 1 amide bonds. The fourth-order valence-corrected chi connectivity index (χ4v) is 4.10. The zero-order chi connectivity index (χ0) is 21.7. The maximum Gasteiger partial charge on any atom is 0.255 e. The molecule has 0 aromatic heterocycles. The molecule has 0 radical (unpaired) electrons. The van der Waals surface area contributed by atoms with Gasteiger partial charge in [-0.15, -0.1) is 0 Å². The number of anilines is 1. The molecule has 3 rings (SSSR count). The van der Waals surface area contributed by atoms with Crippen molar-refractivity contribution in [1.29, 1.82) is 5.26 Å². The van der Waals surface area contributed by atoms with Crippen molar-refractivity contribution in [3.63, 3.8) is 0 Å². The Kier molecular flexibility index (Phi) is 6.50. The minimum Gasteiger partial charge on any atom is -0.322 e. The number of aryl methyl sites for hydroxylation is 1. The van der Waals surface area contributed by atoms with Crippen LogP contribution in [-0.4, -0.2) is 14.3 Å². The first-order chi connectivity index (χ1) is 14.3. The van der Waals surface area contributed by atoms with E-state index in [9.17, 15) is 18.5 Å². The average Bonchev–Trinajstić information content (AvgIpc) is 2.73. The number of allylic oxidation sites excluding steroid dienone is 1. The topological polar surface area (TPSA) is 87.0 Å². The summed E-state index contributed by atoms with van der Waals surface area (Å²) in [6.07, 6.45) is 1.29. The predicted octanol–water partition coefficient (Wildman–Crippen LogP) is 5.35. The van der Waals surface area contributed by atoms with Crippen LogP contribution < -0.4 is 5.32 Å². The van der Waals surface area contributed by atoms with Crippen LogP contribution in [0.25, 0.3) is 6.08 Å². The van der Waals surface area contributed by atoms with Crippen LogP contribution in [0.15, 0.2) is 87.1 Å². The Bertz CT molecular complexity index is 1260. The minimum atomic E-state index is -3.96. The van der Waals surface area contributed by atoms with Gasteiger partial charge in [0.25, 0.3) is 5.91 Å². The molecule has 30 heavy (non-hydrogen) atoms. The molecule has 5 nitrogen and oxygen atoms in total. The summed E-state index contributed by atoms with van der Waals surface area (Å²) in [6.45, 7) is 1.94. The Balaban J connectivity index is 1.87. The molecule has 0 atom stereocenters. The van der Waals surface area contributed by atoms with Crippen LogP contribution in [0.1, 0.15) is 21.5 Å². The number of amides is 1. The highest BCUT2D eigenvalue weighted by Gasteiger charge is 2.20. The van der Waals surface area contributed by atoms with E-state index in [-0.39, 0.29) is 15.7 Å². The second-order valence-electron chi connectivity index (χ2n) is 6.52. The van der Waals surface area contributed by atoms with Crippen LogP contribution in [0.5, 0.6) is 0 Å². The van der Waals surface area contributed by atoms with Gasteiger partial charge in [-0.05, 0) is 67.1 Å². The summed E-state index contributed by atoms with van der Waals surface area (Å²) in [6, 6.07) is 21.6. The quantitative estimate of drug-likeness (QED) is 0.498. The van der Waals surface area contributed by atoms with Crippen molar-refractivity contribution >= 4 is 43.4 Å². The molecule has 0 saturated carbocycles. The number of hydrogen-bond acceptors (Lipinski definition) is 4. The van der Waals surface area contributed by atoms with Crippen molar-refractivity contribution in [2.45, 2.75) is 11.8 Å². The number of hydrogen-bond donors (Lipinski definition) is 1. The Morgan fingerprint density at radius 3 is 2.33 bits per heavy atom. The number of nitrogens with one attached hydrogen (secondary N) is 1. The third-order valence-corrected chi connectivity index (χ3v) is 6.49.